The summed E-state index contributed by atoms with van der Waals surface area (Å²) in [4.78, 5) is 24.4. The molecule has 2 aromatic carbocycles. The molecule has 1 aliphatic carbocycles. The average Bonchev–Trinajstić information content (AvgIpc) is 2.70. The first-order valence-electron chi connectivity index (χ1n) is 9.09. The summed E-state index contributed by atoms with van der Waals surface area (Å²) in [6.45, 7) is 0. The van der Waals surface area contributed by atoms with Gasteiger partial charge in [0.05, 0.1) is 0 Å². The van der Waals surface area contributed by atoms with Gasteiger partial charge in [0.2, 0.25) is 0 Å². The van der Waals surface area contributed by atoms with Crippen LogP contribution in [0.25, 0.3) is 10.8 Å². The molecule has 0 heterocycles. The van der Waals surface area contributed by atoms with E-state index >= 15 is 0 Å². The minimum absolute atomic E-state index is 0.140. The first-order valence-corrected chi connectivity index (χ1v) is 9.09. The molecule has 2 aromatic rings. The molecule has 0 aromatic heterocycles. The van der Waals surface area contributed by atoms with E-state index < -0.39 is 24.0 Å². The highest BCUT2D eigenvalue weighted by molar-refractivity contribution is 5.99. The van der Waals surface area contributed by atoms with Gasteiger partial charge in [-0.15, -0.1) is 0 Å². The van der Waals surface area contributed by atoms with Crippen LogP contribution in [0.5, 0.6) is 0 Å². The number of aliphatic hydroxyl groups is 1. The van der Waals surface area contributed by atoms with Crippen LogP contribution >= 0.6 is 0 Å². The number of rotatable bonds is 4. The van der Waals surface area contributed by atoms with Crippen LogP contribution in [0, 0.1) is 5.92 Å². The number of fused-ring (bicyclic) bond motifs is 1. The molecule has 0 radical (unpaired) electrons. The molecular formula is C20H25N3O3. The third-order valence-electron chi connectivity index (χ3n) is 5.14. The van der Waals surface area contributed by atoms with E-state index in [1.165, 1.54) is 6.42 Å². The van der Waals surface area contributed by atoms with Gasteiger partial charge in [0.1, 0.15) is 6.10 Å². The van der Waals surface area contributed by atoms with Gasteiger partial charge in [-0.25, -0.2) is 0 Å². The van der Waals surface area contributed by atoms with E-state index in [1.54, 1.807) is 12.1 Å². The lowest BCUT2D eigenvalue weighted by molar-refractivity contribution is -0.132. The summed E-state index contributed by atoms with van der Waals surface area (Å²) >= 11 is 0. The molecule has 3 rings (SSSR count). The fourth-order valence-electron chi connectivity index (χ4n) is 3.55. The molecule has 2 amide bonds. The lowest BCUT2D eigenvalue weighted by Gasteiger charge is -2.30. The summed E-state index contributed by atoms with van der Waals surface area (Å²) in [5.41, 5.74) is 11.1. The van der Waals surface area contributed by atoms with Gasteiger partial charge < -0.3 is 10.8 Å². The molecule has 6 heteroatoms. The van der Waals surface area contributed by atoms with Gasteiger partial charge in [0.15, 0.2) is 0 Å². The number of benzene rings is 2. The molecule has 1 fully saturated rings. The van der Waals surface area contributed by atoms with Gasteiger partial charge >= 0.3 is 0 Å². The maximum atomic E-state index is 12.2. The molecule has 1 aliphatic rings. The molecule has 0 saturated heterocycles. The number of nitrogens with one attached hydrogen (secondary N) is 2. The Morgan fingerprint density at radius 3 is 2.42 bits per heavy atom. The SMILES string of the molecule is N[C@H](C1CCCCC1)[C@H](O)C(=O)NNC(=O)c1ccc2ccccc2c1. The summed E-state index contributed by atoms with van der Waals surface area (Å²) in [6, 6.07) is 12.4. The Balaban J connectivity index is 1.56. The highest BCUT2D eigenvalue weighted by Crippen LogP contribution is 2.26. The highest BCUT2D eigenvalue weighted by Gasteiger charge is 2.31. The van der Waals surface area contributed by atoms with E-state index in [9.17, 15) is 14.7 Å². The molecule has 0 unspecified atom stereocenters. The number of amides is 2. The topological polar surface area (TPSA) is 104 Å². The van der Waals surface area contributed by atoms with Crippen LogP contribution in [0.1, 0.15) is 42.5 Å². The minimum atomic E-state index is -1.34. The lowest BCUT2D eigenvalue weighted by Crippen LogP contribution is -2.54. The summed E-state index contributed by atoms with van der Waals surface area (Å²) in [7, 11) is 0. The molecule has 5 N–H and O–H groups in total. The van der Waals surface area contributed by atoms with Gasteiger partial charge in [0.25, 0.3) is 11.8 Å². The van der Waals surface area contributed by atoms with Crippen molar-refractivity contribution in [1.82, 2.24) is 10.9 Å². The number of hydrogen-bond donors (Lipinski definition) is 4. The second-order valence-electron chi connectivity index (χ2n) is 6.93. The van der Waals surface area contributed by atoms with E-state index in [-0.39, 0.29) is 5.92 Å². The number of hydrazine groups is 1. The Kier molecular flexibility index (Phi) is 5.85. The number of carbonyl (C=O) groups is 2. The van der Waals surface area contributed by atoms with Crippen LogP contribution in [-0.2, 0) is 4.79 Å². The first-order chi connectivity index (χ1) is 12.6. The summed E-state index contributed by atoms with van der Waals surface area (Å²) in [6.07, 6.45) is 3.84. The molecule has 138 valence electrons. The standard InChI is InChI=1S/C20H25N3O3/c21-17(14-7-2-1-3-8-14)18(24)20(26)23-22-19(25)16-11-10-13-6-4-5-9-15(13)12-16/h4-6,9-12,14,17-18,24H,1-3,7-8,21H2,(H,22,25)(H,23,26)/t17-,18+/m1/s1. The number of aliphatic hydroxyl groups excluding tert-OH is 1. The van der Waals surface area contributed by atoms with Gasteiger partial charge in [-0.05, 0) is 41.7 Å². The lowest BCUT2D eigenvalue weighted by atomic mass is 9.82. The zero-order valence-electron chi connectivity index (χ0n) is 14.7. The van der Waals surface area contributed by atoms with Crippen molar-refractivity contribution in [2.24, 2.45) is 11.7 Å². The predicted octanol–water partition coefficient (Wildman–Crippen LogP) is 1.87. The van der Waals surface area contributed by atoms with Crippen molar-refractivity contribution in [3.8, 4) is 0 Å². The minimum Gasteiger partial charge on any atom is -0.382 e. The van der Waals surface area contributed by atoms with Crippen LogP contribution in [-0.4, -0.2) is 29.1 Å². The summed E-state index contributed by atoms with van der Waals surface area (Å²) in [5, 5.41) is 12.1. The molecule has 1 saturated carbocycles. The van der Waals surface area contributed by atoms with Crippen LogP contribution < -0.4 is 16.6 Å². The maximum Gasteiger partial charge on any atom is 0.269 e. The zero-order valence-corrected chi connectivity index (χ0v) is 14.7. The van der Waals surface area contributed by atoms with E-state index in [1.807, 2.05) is 30.3 Å². The second kappa shape index (κ2) is 8.29. The van der Waals surface area contributed by atoms with Crippen LogP contribution in [0.3, 0.4) is 0 Å². The van der Waals surface area contributed by atoms with Gasteiger partial charge in [-0.1, -0.05) is 49.6 Å². The Labute approximate surface area is 152 Å². The van der Waals surface area contributed by atoms with Crippen LogP contribution in [0.15, 0.2) is 42.5 Å². The van der Waals surface area contributed by atoms with E-state index in [0.29, 0.717) is 5.56 Å². The van der Waals surface area contributed by atoms with Crippen molar-refractivity contribution < 1.29 is 14.7 Å². The van der Waals surface area contributed by atoms with Crippen molar-refractivity contribution >= 4 is 22.6 Å². The molecule has 0 bridgehead atoms. The monoisotopic (exact) mass is 355 g/mol. The Bertz CT molecular complexity index is 787. The van der Waals surface area contributed by atoms with Crippen molar-refractivity contribution in [3.05, 3.63) is 48.0 Å². The first kappa shape index (κ1) is 18.4. The van der Waals surface area contributed by atoms with Gasteiger partial charge in [-0.3, -0.25) is 20.4 Å². The number of carbonyl (C=O) groups excluding carboxylic acids is 2. The van der Waals surface area contributed by atoms with Gasteiger partial charge in [0, 0.05) is 11.6 Å². The molecule has 2 atom stereocenters. The van der Waals surface area contributed by atoms with Crippen molar-refractivity contribution in [2.75, 3.05) is 0 Å². The van der Waals surface area contributed by atoms with Crippen LogP contribution in [0.4, 0.5) is 0 Å². The largest absolute Gasteiger partial charge is 0.382 e. The van der Waals surface area contributed by atoms with Gasteiger partial charge in [-0.2, -0.15) is 0 Å². The summed E-state index contributed by atoms with van der Waals surface area (Å²) in [5.74, 6) is -0.986. The normalized spacial score (nSPS) is 17.5. The fraction of sp³-hybridized carbons (Fsp3) is 0.400. The average molecular weight is 355 g/mol. The second-order valence-corrected chi connectivity index (χ2v) is 6.93. The van der Waals surface area contributed by atoms with E-state index in [0.717, 1.165) is 36.5 Å². The van der Waals surface area contributed by atoms with Crippen molar-refractivity contribution in [1.29, 1.82) is 0 Å². The van der Waals surface area contributed by atoms with E-state index in [2.05, 4.69) is 10.9 Å². The van der Waals surface area contributed by atoms with Crippen molar-refractivity contribution in [2.45, 2.75) is 44.2 Å². The van der Waals surface area contributed by atoms with Crippen LogP contribution in [0.2, 0.25) is 0 Å². The maximum absolute atomic E-state index is 12.2. The highest BCUT2D eigenvalue weighted by atomic mass is 16.3. The number of hydrogen-bond acceptors (Lipinski definition) is 4. The van der Waals surface area contributed by atoms with Crippen molar-refractivity contribution in [3.63, 3.8) is 0 Å². The zero-order chi connectivity index (χ0) is 18.5. The third kappa shape index (κ3) is 4.20. The van der Waals surface area contributed by atoms with E-state index in [4.69, 9.17) is 5.73 Å². The Morgan fingerprint density at radius 2 is 1.69 bits per heavy atom. The molecule has 26 heavy (non-hydrogen) atoms. The number of nitrogens with two attached hydrogens (primary N) is 1. The smallest absolute Gasteiger partial charge is 0.269 e. The quantitative estimate of drug-likeness (QED) is 0.629. The fourth-order valence-corrected chi connectivity index (χ4v) is 3.55. The predicted molar refractivity (Wildman–Crippen MR) is 100 cm³/mol. The molecule has 6 nitrogen and oxygen atoms in total. The summed E-state index contributed by atoms with van der Waals surface area (Å²) < 4.78 is 0. The molecule has 0 aliphatic heterocycles. The Hall–Kier alpha value is -2.44. The third-order valence-corrected chi connectivity index (χ3v) is 5.14. The molecular weight excluding hydrogens is 330 g/mol. The molecule has 0 spiro atoms. The Morgan fingerprint density at radius 1 is 1.00 bits per heavy atom.